The number of aliphatic carboxylic acids is 1. The molecule has 1 N–H and O–H groups in total. The van der Waals surface area contributed by atoms with Gasteiger partial charge in [0.15, 0.2) is 0 Å². The summed E-state index contributed by atoms with van der Waals surface area (Å²) in [5, 5.41) is 9.43. The number of hydrogen-bond donors (Lipinski definition) is 1. The third-order valence-corrected chi connectivity index (χ3v) is 4.47. The van der Waals surface area contributed by atoms with Crippen LogP contribution in [0.2, 0.25) is 0 Å². The SMILES string of the molecule is COc1cccc(CC2CC(C)(C)CCC2C(=O)O)c1. The van der Waals surface area contributed by atoms with Crippen LogP contribution in [0.1, 0.15) is 38.7 Å². The lowest BCUT2D eigenvalue weighted by molar-refractivity contribution is -0.146. The third kappa shape index (κ3) is 3.53. The molecule has 1 fully saturated rings. The molecular weight excluding hydrogens is 252 g/mol. The second-order valence-corrected chi connectivity index (χ2v) is 6.67. The normalized spacial score (nSPS) is 25.1. The predicted molar refractivity (Wildman–Crippen MR) is 78.9 cm³/mol. The molecule has 1 saturated carbocycles. The fourth-order valence-corrected chi connectivity index (χ4v) is 3.38. The number of methoxy groups -OCH3 is 1. The zero-order valence-electron chi connectivity index (χ0n) is 12.6. The summed E-state index contributed by atoms with van der Waals surface area (Å²) in [7, 11) is 1.66. The second kappa shape index (κ2) is 5.86. The highest BCUT2D eigenvalue weighted by Gasteiger charge is 2.38. The molecule has 1 aliphatic rings. The fourth-order valence-electron chi connectivity index (χ4n) is 3.38. The van der Waals surface area contributed by atoms with Crippen molar-refractivity contribution in [3.63, 3.8) is 0 Å². The van der Waals surface area contributed by atoms with Gasteiger partial charge in [0.25, 0.3) is 0 Å². The number of benzene rings is 1. The molecular formula is C17H24O3. The van der Waals surface area contributed by atoms with Gasteiger partial charge in [0, 0.05) is 0 Å². The summed E-state index contributed by atoms with van der Waals surface area (Å²) in [5.41, 5.74) is 1.41. The van der Waals surface area contributed by atoms with Crippen LogP contribution in [0.4, 0.5) is 0 Å². The summed E-state index contributed by atoms with van der Waals surface area (Å²) in [6.07, 6.45) is 3.58. The molecule has 1 aliphatic carbocycles. The van der Waals surface area contributed by atoms with Crippen LogP contribution in [0, 0.1) is 17.3 Å². The molecule has 1 aromatic carbocycles. The number of ether oxygens (including phenoxy) is 1. The highest BCUT2D eigenvalue weighted by Crippen LogP contribution is 2.43. The summed E-state index contributed by atoms with van der Waals surface area (Å²) < 4.78 is 5.24. The van der Waals surface area contributed by atoms with Crippen LogP contribution in [0.5, 0.6) is 5.75 Å². The summed E-state index contributed by atoms with van der Waals surface area (Å²) in [6, 6.07) is 7.96. The van der Waals surface area contributed by atoms with Gasteiger partial charge in [-0.15, -0.1) is 0 Å². The Hall–Kier alpha value is -1.51. The lowest BCUT2D eigenvalue weighted by Gasteiger charge is -2.39. The maximum absolute atomic E-state index is 11.5. The van der Waals surface area contributed by atoms with E-state index in [0.29, 0.717) is 0 Å². The molecule has 0 heterocycles. The predicted octanol–water partition coefficient (Wildman–Crippen LogP) is 3.76. The average molecular weight is 276 g/mol. The summed E-state index contributed by atoms with van der Waals surface area (Å²) in [5.74, 6) is 0.190. The Balaban J connectivity index is 2.16. The number of rotatable bonds is 4. The van der Waals surface area contributed by atoms with Gasteiger partial charge in [0.05, 0.1) is 13.0 Å². The van der Waals surface area contributed by atoms with E-state index in [0.717, 1.165) is 31.4 Å². The number of hydrogen-bond acceptors (Lipinski definition) is 2. The van der Waals surface area contributed by atoms with Crippen LogP contribution in [-0.4, -0.2) is 18.2 Å². The first-order chi connectivity index (χ1) is 9.41. The molecule has 0 aromatic heterocycles. The van der Waals surface area contributed by atoms with E-state index in [2.05, 4.69) is 19.9 Å². The zero-order chi connectivity index (χ0) is 14.8. The van der Waals surface area contributed by atoms with Gasteiger partial charge < -0.3 is 9.84 Å². The van der Waals surface area contributed by atoms with Gasteiger partial charge in [-0.2, -0.15) is 0 Å². The molecule has 0 spiro atoms. The maximum Gasteiger partial charge on any atom is 0.306 e. The molecule has 110 valence electrons. The largest absolute Gasteiger partial charge is 0.497 e. The molecule has 3 heteroatoms. The minimum Gasteiger partial charge on any atom is -0.497 e. The molecule has 2 unspecified atom stereocenters. The zero-order valence-corrected chi connectivity index (χ0v) is 12.6. The lowest BCUT2D eigenvalue weighted by atomic mass is 9.65. The van der Waals surface area contributed by atoms with Crippen LogP contribution in [0.15, 0.2) is 24.3 Å². The molecule has 0 radical (unpaired) electrons. The molecule has 0 saturated heterocycles. The molecule has 2 atom stereocenters. The number of carboxylic acid groups (broad SMARTS) is 1. The number of carboxylic acids is 1. The molecule has 0 amide bonds. The van der Waals surface area contributed by atoms with E-state index in [9.17, 15) is 9.90 Å². The Morgan fingerprint density at radius 3 is 2.85 bits per heavy atom. The monoisotopic (exact) mass is 276 g/mol. The molecule has 0 bridgehead atoms. The van der Waals surface area contributed by atoms with Gasteiger partial charge in [0.2, 0.25) is 0 Å². The van der Waals surface area contributed by atoms with Crippen molar-refractivity contribution in [2.24, 2.45) is 17.3 Å². The lowest BCUT2D eigenvalue weighted by Crippen LogP contribution is -2.35. The van der Waals surface area contributed by atoms with Crippen LogP contribution in [-0.2, 0) is 11.2 Å². The standard InChI is InChI=1S/C17H24O3/c1-17(2)8-7-15(16(18)19)13(11-17)9-12-5-4-6-14(10-12)20-3/h4-6,10,13,15H,7-9,11H2,1-3H3,(H,18,19). The van der Waals surface area contributed by atoms with Crippen LogP contribution >= 0.6 is 0 Å². The van der Waals surface area contributed by atoms with Crippen molar-refractivity contribution in [2.45, 2.75) is 39.5 Å². The highest BCUT2D eigenvalue weighted by molar-refractivity contribution is 5.70. The van der Waals surface area contributed by atoms with Gasteiger partial charge >= 0.3 is 5.97 Å². The van der Waals surface area contributed by atoms with Gasteiger partial charge in [-0.3, -0.25) is 4.79 Å². The minimum atomic E-state index is -0.645. The van der Waals surface area contributed by atoms with E-state index in [1.165, 1.54) is 5.56 Å². The first-order valence-electron chi connectivity index (χ1n) is 7.27. The maximum atomic E-state index is 11.5. The molecule has 3 nitrogen and oxygen atoms in total. The van der Waals surface area contributed by atoms with E-state index in [-0.39, 0.29) is 17.3 Å². The average Bonchev–Trinajstić information content (AvgIpc) is 2.37. The quantitative estimate of drug-likeness (QED) is 0.910. The van der Waals surface area contributed by atoms with Crippen LogP contribution in [0.3, 0.4) is 0 Å². The summed E-state index contributed by atoms with van der Waals surface area (Å²) in [4.78, 5) is 11.5. The Morgan fingerprint density at radius 1 is 1.45 bits per heavy atom. The molecule has 0 aliphatic heterocycles. The highest BCUT2D eigenvalue weighted by atomic mass is 16.5. The van der Waals surface area contributed by atoms with Crippen molar-refractivity contribution in [1.29, 1.82) is 0 Å². The third-order valence-electron chi connectivity index (χ3n) is 4.47. The molecule has 1 aromatic rings. The van der Waals surface area contributed by atoms with Crippen LogP contribution in [0.25, 0.3) is 0 Å². The van der Waals surface area contributed by atoms with Crippen molar-refractivity contribution in [1.82, 2.24) is 0 Å². The Kier molecular flexibility index (Phi) is 4.36. The Labute approximate surface area is 121 Å². The first-order valence-corrected chi connectivity index (χ1v) is 7.27. The van der Waals surface area contributed by atoms with Gasteiger partial charge in [-0.1, -0.05) is 26.0 Å². The van der Waals surface area contributed by atoms with E-state index >= 15 is 0 Å². The minimum absolute atomic E-state index is 0.211. The smallest absolute Gasteiger partial charge is 0.306 e. The second-order valence-electron chi connectivity index (χ2n) is 6.67. The van der Waals surface area contributed by atoms with Crippen molar-refractivity contribution >= 4 is 5.97 Å². The fraction of sp³-hybridized carbons (Fsp3) is 0.588. The molecule has 20 heavy (non-hydrogen) atoms. The summed E-state index contributed by atoms with van der Waals surface area (Å²) in [6.45, 7) is 4.48. The molecule has 2 rings (SSSR count). The van der Waals surface area contributed by atoms with E-state index in [1.807, 2.05) is 18.2 Å². The topological polar surface area (TPSA) is 46.5 Å². The van der Waals surface area contributed by atoms with E-state index in [1.54, 1.807) is 7.11 Å². The Morgan fingerprint density at radius 2 is 2.20 bits per heavy atom. The summed E-state index contributed by atoms with van der Waals surface area (Å²) >= 11 is 0. The van der Waals surface area contributed by atoms with Crippen molar-refractivity contribution in [3.8, 4) is 5.75 Å². The van der Waals surface area contributed by atoms with Gasteiger partial charge in [-0.25, -0.2) is 0 Å². The van der Waals surface area contributed by atoms with E-state index < -0.39 is 5.97 Å². The van der Waals surface area contributed by atoms with Crippen molar-refractivity contribution in [2.75, 3.05) is 7.11 Å². The van der Waals surface area contributed by atoms with E-state index in [4.69, 9.17) is 4.74 Å². The van der Waals surface area contributed by atoms with Gasteiger partial charge in [-0.05, 0) is 54.7 Å². The number of carbonyl (C=O) groups is 1. The Bertz CT molecular complexity index is 479. The van der Waals surface area contributed by atoms with Gasteiger partial charge in [0.1, 0.15) is 5.75 Å². The van der Waals surface area contributed by atoms with Crippen molar-refractivity contribution in [3.05, 3.63) is 29.8 Å². The van der Waals surface area contributed by atoms with Crippen LogP contribution < -0.4 is 4.74 Å². The van der Waals surface area contributed by atoms with Crippen molar-refractivity contribution < 1.29 is 14.6 Å². The first kappa shape index (κ1) is 14.9.